The number of pyridine rings is 1. The van der Waals surface area contributed by atoms with Crippen molar-refractivity contribution in [3.05, 3.63) is 64.9 Å². The minimum atomic E-state index is -0.182. The average molecular weight is 338 g/mol. The summed E-state index contributed by atoms with van der Waals surface area (Å²) in [6.45, 7) is 3.58. The molecule has 1 N–H and O–H groups in total. The van der Waals surface area contributed by atoms with Gasteiger partial charge in [-0.1, -0.05) is 41.2 Å². The summed E-state index contributed by atoms with van der Waals surface area (Å²) in [4.78, 5) is 15.6. The number of amides is 1. The number of aryl methyl sites for hydroxylation is 1. The monoisotopic (exact) mass is 338 g/mol. The van der Waals surface area contributed by atoms with Crippen LogP contribution in [0.2, 0.25) is 0 Å². The topological polar surface area (TPSA) is 67.8 Å². The van der Waals surface area contributed by atoms with E-state index in [1.165, 1.54) is 23.8 Å². The van der Waals surface area contributed by atoms with E-state index in [1.807, 2.05) is 12.1 Å². The van der Waals surface area contributed by atoms with Crippen LogP contribution in [-0.2, 0) is 11.2 Å². The van der Waals surface area contributed by atoms with E-state index in [4.69, 9.17) is 0 Å². The fourth-order valence-electron chi connectivity index (χ4n) is 2.39. The molecule has 0 saturated heterocycles. The quantitative estimate of drug-likeness (QED) is 0.775. The van der Waals surface area contributed by atoms with Crippen molar-refractivity contribution >= 4 is 17.2 Å². The van der Waals surface area contributed by atoms with E-state index in [0.717, 1.165) is 21.1 Å². The average Bonchev–Trinajstić information content (AvgIpc) is 3.07. The van der Waals surface area contributed by atoms with Crippen LogP contribution < -0.4 is 5.32 Å². The highest BCUT2D eigenvalue weighted by Crippen LogP contribution is 2.28. The van der Waals surface area contributed by atoms with Crippen LogP contribution in [0.15, 0.2) is 48.8 Å². The maximum Gasteiger partial charge on any atom is 0.217 e. The van der Waals surface area contributed by atoms with Gasteiger partial charge < -0.3 is 5.32 Å². The standard InChI is InChI=1S/C18H18N4OS/c1-12-3-5-14(6-4-12)11-16(20-13(2)23)18-22-21-17(24-18)15-7-9-19-10-8-15/h3-10,16H,11H2,1-2H3,(H,20,23). The van der Waals surface area contributed by atoms with Gasteiger partial charge in [0.2, 0.25) is 5.91 Å². The van der Waals surface area contributed by atoms with E-state index >= 15 is 0 Å². The van der Waals surface area contributed by atoms with Crippen LogP contribution in [-0.4, -0.2) is 21.1 Å². The number of aromatic nitrogens is 3. The molecular weight excluding hydrogens is 320 g/mol. The lowest BCUT2D eigenvalue weighted by atomic mass is 10.0. The number of rotatable bonds is 5. The minimum absolute atomic E-state index is 0.0761. The molecule has 0 aliphatic carbocycles. The molecule has 1 unspecified atom stereocenters. The van der Waals surface area contributed by atoms with Crippen LogP contribution in [0.3, 0.4) is 0 Å². The Morgan fingerprint density at radius 2 is 1.83 bits per heavy atom. The van der Waals surface area contributed by atoms with E-state index in [2.05, 4.69) is 51.7 Å². The molecular formula is C18H18N4OS. The maximum atomic E-state index is 11.6. The SMILES string of the molecule is CC(=O)NC(Cc1ccc(C)cc1)c1nnc(-c2ccncc2)s1. The van der Waals surface area contributed by atoms with E-state index in [1.54, 1.807) is 12.4 Å². The second kappa shape index (κ2) is 7.31. The molecule has 24 heavy (non-hydrogen) atoms. The Morgan fingerprint density at radius 1 is 1.12 bits per heavy atom. The van der Waals surface area contributed by atoms with Gasteiger partial charge in [0.25, 0.3) is 0 Å². The van der Waals surface area contributed by atoms with Gasteiger partial charge in [-0.25, -0.2) is 0 Å². The normalized spacial score (nSPS) is 11.9. The summed E-state index contributed by atoms with van der Waals surface area (Å²) in [7, 11) is 0. The van der Waals surface area contributed by atoms with Gasteiger partial charge in [-0.2, -0.15) is 0 Å². The maximum absolute atomic E-state index is 11.6. The third kappa shape index (κ3) is 4.02. The van der Waals surface area contributed by atoms with Crippen LogP contribution in [0.1, 0.15) is 29.1 Å². The third-order valence-corrected chi connectivity index (χ3v) is 4.69. The van der Waals surface area contributed by atoms with E-state index in [9.17, 15) is 4.79 Å². The van der Waals surface area contributed by atoms with Crippen LogP contribution in [0, 0.1) is 6.92 Å². The molecule has 3 rings (SSSR count). The van der Waals surface area contributed by atoms with Crippen molar-refractivity contribution in [1.29, 1.82) is 0 Å². The Hall–Kier alpha value is -2.60. The van der Waals surface area contributed by atoms with Crippen LogP contribution in [0.25, 0.3) is 10.6 Å². The molecule has 0 spiro atoms. The summed E-state index contributed by atoms with van der Waals surface area (Å²) >= 11 is 1.49. The van der Waals surface area contributed by atoms with E-state index in [0.29, 0.717) is 6.42 Å². The smallest absolute Gasteiger partial charge is 0.217 e. The Kier molecular flexibility index (Phi) is 4.96. The van der Waals surface area contributed by atoms with Gasteiger partial charge in [0.1, 0.15) is 10.0 Å². The number of hydrogen-bond donors (Lipinski definition) is 1. The Labute approximate surface area is 144 Å². The largest absolute Gasteiger partial charge is 0.347 e. The zero-order chi connectivity index (χ0) is 16.9. The molecule has 1 amide bonds. The molecule has 0 bridgehead atoms. The third-order valence-electron chi connectivity index (χ3n) is 3.60. The molecule has 2 aromatic heterocycles. The minimum Gasteiger partial charge on any atom is -0.347 e. The van der Waals surface area contributed by atoms with Crippen LogP contribution in [0.5, 0.6) is 0 Å². The Morgan fingerprint density at radius 3 is 2.50 bits per heavy atom. The summed E-state index contributed by atoms with van der Waals surface area (Å²) in [6, 6.07) is 11.9. The molecule has 5 nitrogen and oxygen atoms in total. The van der Waals surface area contributed by atoms with Gasteiger partial charge in [-0.05, 0) is 31.0 Å². The molecule has 122 valence electrons. The van der Waals surface area contributed by atoms with Crippen molar-refractivity contribution in [1.82, 2.24) is 20.5 Å². The molecule has 1 atom stereocenters. The number of carbonyl (C=O) groups is 1. The zero-order valence-electron chi connectivity index (χ0n) is 13.6. The lowest BCUT2D eigenvalue weighted by Crippen LogP contribution is -2.27. The van der Waals surface area contributed by atoms with Crippen molar-refractivity contribution in [3.8, 4) is 10.6 Å². The molecule has 0 radical (unpaired) electrons. The lowest BCUT2D eigenvalue weighted by Gasteiger charge is -2.15. The molecule has 0 saturated carbocycles. The van der Waals surface area contributed by atoms with Gasteiger partial charge >= 0.3 is 0 Å². The molecule has 0 aliphatic rings. The fourth-order valence-corrected chi connectivity index (χ4v) is 3.29. The molecule has 1 aromatic carbocycles. The lowest BCUT2D eigenvalue weighted by molar-refractivity contribution is -0.119. The zero-order valence-corrected chi connectivity index (χ0v) is 14.4. The van der Waals surface area contributed by atoms with Gasteiger partial charge in [0.15, 0.2) is 0 Å². The van der Waals surface area contributed by atoms with Crippen molar-refractivity contribution in [2.75, 3.05) is 0 Å². The van der Waals surface area contributed by atoms with Crippen molar-refractivity contribution < 1.29 is 4.79 Å². The van der Waals surface area contributed by atoms with E-state index < -0.39 is 0 Å². The highest BCUT2D eigenvalue weighted by molar-refractivity contribution is 7.14. The van der Waals surface area contributed by atoms with Gasteiger partial charge in [-0.3, -0.25) is 9.78 Å². The molecule has 3 aromatic rings. The van der Waals surface area contributed by atoms with Crippen LogP contribution in [0.4, 0.5) is 0 Å². The number of hydrogen-bond acceptors (Lipinski definition) is 5. The summed E-state index contributed by atoms with van der Waals surface area (Å²) in [6.07, 6.45) is 4.15. The summed E-state index contributed by atoms with van der Waals surface area (Å²) in [5.41, 5.74) is 3.34. The molecule has 6 heteroatoms. The first-order valence-corrected chi connectivity index (χ1v) is 8.50. The predicted octanol–water partition coefficient (Wildman–Crippen LogP) is 3.33. The second-order valence-corrected chi connectivity index (χ2v) is 6.63. The van der Waals surface area contributed by atoms with Crippen molar-refractivity contribution in [2.45, 2.75) is 26.3 Å². The first-order chi connectivity index (χ1) is 11.6. The van der Waals surface area contributed by atoms with Crippen molar-refractivity contribution in [3.63, 3.8) is 0 Å². The number of nitrogens with zero attached hydrogens (tertiary/aromatic N) is 3. The van der Waals surface area contributed by atoms with Gasteiger partial charge in [0.05, 0.1) is 6.04 Å². The number of carbonyl (C=O) groups excluding carboxylic acids is 1. The Balaban J connectivity index is 1.84. The molecule has 2 heterocycles. The number of nitrogens with one attached hydrogen (secondary N) is 1. The van der Waals surface area contributed by atoms with Crippen molar-refractivity contribution in [2.24, 2.45) is 0 Å². The Bertz CT molecular complexity index is 815. The highest BCUT2D eigenvalue weighted by atomic mass is 32.1. The van der Waals surface area contributed by atoms with E-state index in [-0.39, 0.29) is 11.9 Å². The van der Waals surface area contributed by atoms with Gasteiger partial charge in [0, 0.05) is 24.9 Å². The van der Waals surface area contributed by atoms with Gasteiger partial charge in [-0.15, -0.1) is 10.2 Å². The highest BCUT2D eigenvalue weighted by Gasteiger charge is 2.19. The summed E-state index contributed by atoms with van der Waals surface area (Å²) < 4.78 is 0. The van der Waals surface area contributed by atoms with Crippen LogP contribution >= 0.6 is 11.3 Å². The summed E-state index contributed by atoms with van der Waals surface area (Å²) in [5, 5.41) is 13.2. The fraction of sp³-hybridized carbons (Fsp3) is 0.222. The first kappa shape index (κ1) is 16.3. The predicted molar refractivity (Wildman–Crippen MR) is 94.6 cm³/mol. The molecule has 0 fully saturated rings. The first-order valence-electron chi connectivity index (χ1n) is 7.68. The second-order valence-electron chi connectivity index (χ2n) is 5.62. The number of benzene rings is 1. The summed E-state index contributed by atoms with van der Waals surface area (Å²) in [5.74, 6) is -0.0761. The molecule has 0 aliphatic heterocycles.